The molecule has 0 saturated carbocycles. The summed E-state index contributed by atoms with van der Waals surface area (Å²) in [4.78, 5) is 21.2. The molecule has 1 amide bonds. The van der Waals surface area contributed by atoms with E-state index in [2.05, 4.69) is 32.0 Å². The van der Waals surface area contributed by atoms with Crippen molar-refractivity contribution in [2.24, 2.45) is 0 Å². The fourth-order valence-electron chi connectivity index (χ4n) is 1.71. The molecule has 7 nitrogen and oxygen atoms in total. The van der Waals surface area contributed by atoms with Gasteiger partial charge >= 0.3 is 103 Å². The molecule has 0 aromatic rings. The Labute approximate surface area is 147 Å². The van der Waals surface area contributed by atoms with Crippen LogP contribution in [0.3, 0.4) is 0 Å². The summed E-state index contributed by atoms with van der Waals surface area (Å²) < 4.78 is 23.5. The number of carbonyl (C=O) groups is 2. The van der Waals surface area contributed by atoms with Crippen molar-refractivity contribution in [1.29, 1.82) is 0 Å². The second-order valence-corrected chi connectivity index (χ2v) is 11.9. The van der Waals surface area contributed by atoms with Gasteiger partial charge in [-0.2, -0.15) is 0 Å². The molecule has 0 aliphatic heterocycles. The van der Waals surface area contributed by atoms with Gasteiger partial charge in [-0.1, -0.05) is 13.3 Å². The van der Waals surface area contributed by atoms with Crippen LogP contribution in [0.2, 0.25) is 0 Å². The molecule has 0 radical (unpaired) electrons. The molecule has 0 heterocycles. The van der Waals surface area contributed by atoms with E-state index in [0.717, 1.165) is 19.3 Å². The van der Waals surface area contributed by atoms with Gasteiger partial charge in [0.05, 0.1) is 0 Å². The van der Waals surface area contributed by atoms with Gasteiger partial charge in [0, 0.05) is 6.42 Å². The van der Waals surface area contributed by atoms with Crippen LogP contribution in [-0.4, -0.2) is 38.3 Å². The summed E-state index contributed by atoms with van der Waals surface area (Å²) in [7, 11) is 0. The molecule has 0 aromatic carbocycles. The van der Waals surface area contributed by atoms with Crippen LogP contribution in [0, 0.1) is 0 Å². The van der Waals surface area contributed by atoms with Gasteiger partial charge in [0.1, 0.15) is 5.78 Å². The van der Waals surface area contributed by atoms with Gasteiger partial charge in [-0.25, -0.2) is 0 Å². The van der Waals surface area contributed by atoms with Crippen LogP contribution in [0.25, 0.3) is 0 Å². The van der Waals surface area contributed by atoms with E-state index in [1.807, 2.05) is 0 Å². The summed E-state index contributed by atoms with van der Waals surface area (Å²) in [5.41, 5.74) is 0.196. The third-order valence-electron chi connectivity index (χ3n) is 2.95. The third-order valence-corrected chi connectivity index (χ3v) is 9.26. The van der Waals surface area contributed by atoms with E-state index in [1.54, 1.807) is 19.1 Å². The van der Waals surface area contributed by atoms with Crippen molar-refractivity contribution in [2.45, 2.75) is 49.6 Å². The largest absolute Gasteiger partial charge is 0.300 e. The first-order chi connectivity index (χ1) is 10.6. The Balaban J connectivity index is 0.000000585. The topological polar surface area (TPSA) is 113 Å². The maximum absolute atomic E-state index is 11.7. The SMILES string of the molecule is CC(=O)NC1=CC=CCC1(Br)[As](=O)(O)OO.CCCCC(C)=O. The summed E-state index contributed by atoms with van der Waals surface area (Å²) in [6.07, 6.45) is 7.81. The van der Waals surface area contributed by atoms with E-state index in [4.69, 9.17) is 5.26 Å². The Morgan fingerprint density at radius 3 is 2.48 bits per heavy atom. The number of alkyl halides is 1. The molecule has 1 aliphatic carbocycles. The molecule has 9 heteroatoms. The zero-order valence-electron chi connectivity index (χ0n) is 13.4. The predicted molar refractivity (Wildman–Crippen MR) is 89.9 cm³/mol. The number of nitrogens with one attached hydrogen (secondary N) is 1. The summed E-state index contributed by atoms with van der Waals surface area (Å²) in [5, 5.41) is 10.9. The van der Waals surface area contributed by atoms with Crippen molar-refractivity contribution in [3.05, 3.63) is 23.9 Å². The van der Waals surface area contributed by atoms with Gasteiger partial charge in [0.15, 0.2) is 0 Å². The summed E-state index contributed by atoms with van der Waals surface area (Å²) >= 11 is -1.94. The smallest absolute Gasteiger partial charge is 0.129 e. The quantitative estimate of drug-likeness (QED) is 0.245. The predicted octanol–water partition coefficient (Wildman–Crippen LogP) is 2.26. The van der Waals surface area contributed by atoms with Crippen LogP contribution in [0.15, 0.2) is 23.9 Å². The third kappa shape index (κ3) is 7.18. The molecular formula is C14H23AsBrNO6. The second-order valence-electron chi connectivity index (χ2n) is 5.06. The zero-order chi connectivity index (χ0) is 18.1. The number of unbranched alkanes of at least 4 members (excludes halogenated alkanes) is 1. The molecule has 132 valence electrons. The second kappa shape index (κ2) is 10.3. The number of hydrogen-bond acceptors (Lipinski definition) is 5. The normalized spacial score (nSPS) is 22.3. The standard InChI is InChI=1S/C8H11AsBrNO5.C6H12O/c1-6(12)11-7-4-2-3-5-8(7,10)9(13,14)16-15;1-3-4-5-6(2)7/h2-4,15H,5H2,1H3,(H,11,12)(H,13,14);3-5H2,1-2H3. The van der Waals surface area contributed by atoms with E-state index < -0.39 is 17.3 Å². The number of carbonyl (C=O) groups excluding carboxylic acids is 2. The maximum atomic E-state index is 11.7. The van der Waals surface area contributed by atoms with E-state index in [1.165, 1.54) is 13.0 Å². The number of hydrogen-bond donors (Lipinski definition) is 3. The van der Waals surface area contributed by atoms with E-state index in [-0.39, 0.29) is 18.0 Å². The molecule has 0 bridgehead atoms. The molecule has 0 spiro atoms. The van der Waals surface area contributed by atoms with Crippen LogP contribution in [0.5, 0.6) is 0 Å². The van der Waals surface area contributed by atoms with Gasteiger partial charge in [-0.15, -0.1) is 0 Å². The van der Waals surface area contributed by atoms with Crippen molar-refractivity contribution in [3.63, 3.8) is 0 Å². The summed E-state index contributed by atoms with van der Waals surface area (Å²) in [6, 6.07) is 0. The molecule has 1 rings (SSSR count). The molecule has 2 unspecified atom stereocenters. The van der Waals surface area contributed by atoms with Gasteiger partial charge in [0.25, 0.3) is 0 Å². The van der Waals surface area contributed by atoms with E-state index in [0.29, 0.717) is 5.78 Å². The molecule has 3 N–H and O–H groups in total. The van der Waals surface area contributed by atoms with Gasteiger partial charge in [0.2, 0.25) is 0 Å². The van der Waals surface area contributed by atoms with Crippen molar-refractivity contribution in [1.82, 2.24) is 5.32 Å². The van der Waals surface area contributed by atoms with E-state index >= 15 is 0 Å². The van der Waals surface area contributed by atoms with Crippen LogP contribution >= 0.6 is 15.9 Å². The Morgan fingerprint density at radius 2 is 2.09 bits per heavy atom. The number of halogens is 1. The number of ketones is 1. The molecule has 1 aliphatic rings. The molecular weight excluding hydrogens is 433 g/mol. The van der Waals surface area contributed by atoms with Crippen LogP contribution in [0.1, 0.15) is 46.5 Å². The monoisotopic (exact) mass is 455 g/mol. The number of allylic oxidation sites excluding steroid dienone is 4. The first-order valence-corrected chi connectivity index (χ1v) is 11.2. The fraction of sp³-hybridized carbons (Fsp3) is 0.571. The molecule has 23 heavy (non-hydrogen) atoms. The molecule has 0 fully saturated rings. The van der Waals surface area contributed by atoms with Gasteiger partial charge in [-0.05, 0) is 13.3 Å². The minimum absolute atomic E-state index is 0.132. The number of amides is 1. The minimum Gasteiger partial charge on any atom is -0.300 e. The molecule has 2 atom stereocenters. The fourth-order valence-corrected chi connectivity index (χ4v) is 4.36. The van der Waals surface area contributed by atoms with Crippen molar-refractivity contribution in [3.8, 4) is 0 Å². The molecule has 0 aromatic heterocycles. The summed E-state index contributed by atoms with van der Waals surface area (Å²) in [5.74, 6) is -0.0688. The zero-order valence-corrected chi connectivity index (χ0v) is 16.9. The van der Waals surface area contributed by atoms with Gasteiger partial charge < -0.3 is 4.79 Å². The molecule has 0 saturated heterocycles. The number of Topliss-reactive ketones (excluding diaryl/α,β-unsaturated/α-hetero) is 1. The van der Waals surface area contributed by atoms with E-state index in [9.17, 15) is 17.4 Å². The Morgan fingerprint density at radius 1 is 1.48 bits per heavy atom. The first-order valence-electron chi connectivity index (χ1n) is 7.10. The van der Waals surface area contributed by atoms with Crippen LogP contribution < -0.4 is 5.32 Å². The Bertz CT molecular complexity index is 533. The van der Waals surface area contributed by atoms with Crippen molar-refractivity contribution in [2.75, 3.05) is 0 Å². The van der Waals surface area contributed by atoms with Crippen molar-refractivity contribution < 1.29 is 26.6 Å². The first kappa shape index (κ1) is 22.3. The van der Waals surface area contributed by atoms with Gasteiger partial charge in [-0.3, -0.25) is 0 Å². The average molecular weight is 456 g/mol. The van der Waals surface area contributed by atoms with Crippen molar-refractivity contribution >= 4 is 41.8 Å². The summed E-state index contributed by atoms with van der Waals surface area (Å²) in [6.45, 7) is 5.00. The Kier molecular flexibility index (Phi) is 9.96. The maximum Gasteiger partial charge on any atom is 0.129 e. The minimum atomic E-state index is -5.01. The number of rotatable bonds is 6. The average Bonchev–Trinajstić information content (AvgIpc) is 2.47. The Hall–Kier alpha value is -0.662. The van der Waals surface area contributed by atoms with Crippen LogP contribution in [0.4, 0.5) is 0 Å². The van der Waals surface area contributed by atoms with Crippen LogP contribution in [-0.2, 0) is 17.2 Å².